The number of benzene rings is 1. The number of carbonyl (C=O) groups excluding carboxylic acids is 1. The Morgan fingerprint density at radius 3 is 2.58 bits per heavy atom. The highest BCUT2D eigenvalue weighted by molar-refractivity contribution is 9.10. The van der Waals surface area contributed by atoms with E-state index in [9.17, 15) is 4.79 Å². The fourth-order valence-corrected chi connectivity index (χ4v) is 1.88. The Hall–Kier alpha value is -1.07. The quantitative estimate of drug-likeness (QED) is 0.904. The van der Waals surface area contributed by atoms with Gasteiger partial charge >= 0.3 is 0 Å². The average Bonchev–Trinajstić information content (AvgIpc) is 2.34. The van der Waals surface area contributed by atoms with Crippen LogP contribution in [0.1, 0.15) is 32.4 Å². The number of amides is 1. The van der Waals surface area contributed by atoms with Gasteiger partial charge in [0.15, 0.2) is 6.61 Å². The second-order valence-electron chi connectivity index (χ2n) is 4.86. The van der Waals surface area contributed by atoms with Crippen molar-refractivity contribution in [2.75, 3.05) is 13.7 Å². The first-order valence-corrected chi connectivity index (χ1v) is 7.05. The van der Waals surface area contributed by atoms with E-state index in [0.717, 1.165) is 10.0 Å². The number of nitrogens with two attached hydrogens (primary N) is 1. The molecule has 1 atom stereocenters. The monoisotopic (exact) mass is 328 g/mol. The molecule has 0 aliphatic carbocycles. The first kappa shape index (κ1) is 16.0. The fourth-order valence-electron chi connectivity index (χ4n) is 1.54. The van der Waals surface area contributed by atoms with E-state index in [0.29, 0.717) is 5.75 Å². The largest absolute Gasteiger partial charge is 0.483 e. The molecule has 1 rings (SSSR count). The molecular weight excluding hydrogens is 308 g/mol. The van der Waals surface area contributed by atoms with Crippen LogP contribution in [0.2, 0.25) is 0 Å². The predicted octanol–water partition coefficient (Wildman–Crippen LogP) is 2.71. The summed E-state index contributed by atoms with van der Waals surface area (Å²) in [5.41, 5.74) is 6.78. The normalized spacial score (nSPS) is 12.4. The van der Waals surface area contributed by atoms with Crippen molar-refractivity contribution in [3.05, 3.63) is 28.2 Å². The first-order chi connectivity index (χ1) is 8.82. The Morgan fingerprint density at radius 1 is 1.42 bits per heavy atom. The Bertz CT molecular complexity index is 447. The standard InChI is InChI=1S/C14H21BrN2O2/c1-9(2)17(4)14(18)8-19-13-7-11(15)5-6-12(13)10(3)16/h5-7,9-10H,8,16H2,1-4H3/t10-/m0/s1. The lowest BCUT2D eigenvalue weighted by Gasteiger charge is -2.22. The van der Waals surface area contributed by atoms with E-state index in [4.69, 9.17) is 10.5 Å². The van der Waals surface area contributed by atoms with Crippen molar-refractivity contribution in [1.82, 2.24) is 4.90 Å². The fraction of sp³-hybridized carbons (Fsp3) is 0.500. The molecule has 106 valence electrons. The van der Waals surface area contributed by atoms with Gasteiger partial charge in [0.25, 0.3) is 5.91 Å². The third-order valence-electron chi connectivity index (χ3n) is 2.99. The molecule has 1 amide bonds. The Labute approximate surface area is 123 Å². The van der Waals surface area contributed by atoms with Gasteiger partial charge < -0.3 is 15.4 Å². The molecule has 0 unspecified atom stereocenters. The molecule has 4 nitrogen and oxygen atoms in total. The zero-order valence-electron chi connectivity index (χ0n) is 11.8. The molecule has 0 heterocycles. The molecule has 1 aromatic rings. The van der Waals surface area contributed by atoms with Crippen LogP contribution in [-0.2, 0) is 4.79 Å². The Balaban J connectivity index is 2.77. The van der Waals surface area contributed by atoms with Gasteiger partial charge in [-0.15, -0.1) is 0 Å². The van der Waals surface area contributed by atoms with E-state index >= 15 is 0 Å². The maximum absolute atomic E-state index is 11.9. The van der Waals surface area contributed by atoms with Gasteiger partial charge in [-0.3, -0.25) is 4.79 Å². The molecule has 0 saturated carbocycles. The van der Waals surface area contributed by atoms with Crippen LogP contribution >= 0.6 is 15.9 Å². The average molecular weight is 329 g/mol. The van der Waals surface area contributed by atoms with Crippen molar-refractivity contribution in [2.45, 2.75) is 32.9 Å². The number of hydrogen-bond donors (Lipinski definition) is 1. The number of ether oxygens (including phenoxy) is 1. The summed E-state index contributed by atoms with van der Waals surface area (Å²) < 4.78 is 6.51. The molecule has 5 heteroatoms. The third-order valence-corrected chi connectivity index (χ3v) is 3.48. The molecule has 1 aromatic carbocycles. The molecule has 0 fully saturated rings. The molecule has 0 saturated heterocycles. The third kappa shape index (κ3) is 4.51. The van der Waals surface area contributed by atoms with Crippen LogP contribution in [-0.4, -0.2) is 30.5 Å². The van der Waals surface area contributed by atoms with Gasteiger partial charge in [-0.2, -0.15) is 0 Å². The lowest BCUT2D eigenvalue weighted by atomic mass is 10.1. The minimum absolute atomic E-state index is 0.0187. The van der Waals surface area contributed by atoms with Crippen molar-refractivity contribution < 1.29 is 9.53 Å². The summed E-state index contributed by atoms with van der Waals surface area (Å²) in [6.45, 7) is 5.83. The van der Waals surface area contributed by atoms with Gasteiger partial charge in [-0.05, 0) is 32.9 Å². The van der Waals surface area contributed by atoms with Crippen LogP contribution in [0.3, 0.4) is 0 Å². The minimum atomic E-state index is -0.138. The molecule has 19 heavy (non-hydrogen) atoms. The van der Waals surface area contributed by atoms with E-state index < -0.39 is 0 Å². The van der Waals surface area contributed by atoms with E-state index in [-0.39, 0.29) is 24.6 Å². The predicted molar refractivity (Wildman–Crippen MR) is 80.1 cm³/mol. The summed E-state index contributed by atoms with van der Waals surface area (Å²) >= 11 is 3.39. The van der Waals surface area contributed by atoms with Crippen molar-refractivity contribution in [1.29, 1.82) is 0 Å². The van der Waals surface area contributed by atoms with Crippen LogP contribution in [0.4, 0.5) is 0 Å². The van der Waals surface area contributed by atoms with E-state index in [1.165, 1.54) is 0 Å². The second kappa shape index (κ2) is 6.91. The SMILES string of the molecule is CC(C)N(C)C(=O)COc1cc(Br)ccc1[C@H](C)N. The number of nitrogens with zero attached hydrogens (tertiary/aromatic N) is 1. The van der Waals surface area contributed by atoms with E-state index in [2.05, 4.69) is 15.9 Å². The lowest BCUT2D eigenvalue weighted by Crippen LogP contribution is -2.36. The summed E-state index contributed by atoms with van der Waals surface area (Å²) in [4.78, 5) is 13.5. The van der Waals surface area contributed by atoms with Gasteiger partial charge in [-0.1, -0.05) is 22.0 Å². The lowest BCUT2D eigenvalue weighted by molar-refractivity contribution is -0.133. The number of halogens is 1. The Morgan fingerprint density at radius 2 is 2.05 bits per heavy atom. The highest BCUT2D eigenvalue weighted by Crippen LogP contribution is 2.27. The molecule has 0 spiro atoms. The van der Waals surface area contributed by atoms with Crippen molar-refractivity contribution in [3.63, 3.8) is 0 Å². The molecule has 2 N–H and O–H groups in total. The zero-order valence-corrected chi connectivity index (χ0v) is 13.4. The first-order valence-electron chi connectivity index (χ1n) is 6.26. The highest BCUT2D eigenvalue weighted by Gasteiger charge is 2.14. The Kier molecular flexibility index (Phi) is 5.82. The van der Waals surface area contributed by atoms with Crippen molar-refractivity contribution in [2.24, 2.45) is 5.73 Å². The number of likely N-dealkylation sites (N-methyl/N-ethyl adjacent to an activating group) is 1. The van der Waals surface area contributed by atoms with Gasteiger partial charge in [0.05, 0.1) is 0 Å². The van der Waals surface area contributed by atoms with Gasteiger partial charge in [0.1, 0.15) is 5.75 Å². The smallest absolute Gasteiger partial charge is 0.260 e. The van der Waals surface area contributed by atoms with Gasteiger partial charge in [0, 0.05) is 29.2 Å². The number of rotatable bonds is 5. The summed E-state index contributed by atoms with van der Waals surface area (Å²) in [6, 6.07) is 5.67. The summed E-state index contributed by atoms with van der Waals surface area (Å²) in [6.07, 6.45) is 0. The second-order valence-corrected chi connectivity index (χ2v) is 5.77. The minimum Gasteiger partial charge on any atom is -0.483 e. The molecule has 0 bridgehead atoms. The van der Waals surface area contributed by atoms with Crippen molar-refractivity contribution in [3.8, 4) is 5.75 Å². The van der Waals surface area contributed by atoms with Gasteiger partial charge in [-0.25, -0.2) is 0 Å². The summed E-state index contributed by atoms with van der Waals surface area (Å²) in [5.74, 6) is 0.598. The van der Waals surface area contributed by atoms with Crippen LogP contribution in [0.25, 0.3) is 0 Å². The van der Waals surface area contributed by atoms with Crippen LogP contribution in [0.5, 0.6) is 5.75 Å². The van der Waals surface area contributed by atoms with Crippen LogP contribution in [0, 0.1) is 0 Å². The maximum Gasteiger partial charge on any atom is 0.260 e. The number of hydrogen-bond acceptors (Lipinski definition) is 3. The molecule has 0 aliphatic rings. The van der Waals surface area contributed by atoms with Crippen LogP contribution in [0.15, 0.2) is 22.7 Å². The molecule has 0 radical (unpaired) electrons. The molecular formula is C14H21BrN2O2. The van der Waals surface area contributed by atoms with Crippen LogP contribution < -0.4 is 10.5 Å². The van der Waals surface area contributed by atoms with E-state index in [1.54, 1.807) is 11.9 Å². The van der Waals surface area contributed by atoms with Crippen molar-refractivity contribution >= 4 is 21.8 Å². The maximum atomic E-state index is 11.9. The topological polar surface area (TPSA) is 55.6 Å². The number of carbonyl (C=O) groups is 1. The van der Waals surface area contributed by atoms with Gasteiger partial charge in [0.2, 0.25) is 0 Å². The summed E-state index contributed by atoms with van der Waals surface area (Å²) in [5, 5.41) is 0. The summed E-state index contributed by atoms with van der Waals surface area (Å²) in [7, 11) is 1.77. The highest BCUT2D eigenvalue weighted by atomic mass is 79.9. The zero-order chi connectivity index (χ0) is 14.6. The van der Waals surface area contributed by atoms with E-state index in [1.807, 2.05) is 39.0 Å². The molecule has 0 aliphatic heterocycles. The molecule has 0 aromatic heterocycles.